The smallest absolute Gasteiger partial charge is 0.127 e. The van der Waals surface area contributed by atoms with Crippen molar-refractivity contribution in [2.45, 2.75) is 33.1 Å². The fourth-order valence-electron chi connectivity index (χ4n) is 1.34. The van der Waals surface area contributed by atoms with Crippen LogP contribution in [0.5, 0.6) is 5.75 Å². The number of hydrogen-bond donors (Lipinski definition) is 0. The van der Waals surface area contributed by atoms with Crippen molar-refractivity contribution in [3.8, 4) is 5.75 Å². The van der Waals surface area contributed by atoms with Gasteiger partial charge in [-0.3, -0.25) is 0 Å². The SMILES string of the molecule is CCOc1ccc(F)c(C(C)(C)C)c1. The van der Waals surface area contributed by atoms with Gasteiger partial charge in [0.25, 0.3) is 0 Å². The van der Waals surface area contributed by atoms with Crippen LogP contribution in [0.4, 0.5) is 4.39 Å². The monoisotopic (exact) mass is 196 g/mol. The second-order valence-electron chi connectivity index (χ2n) is 4.32. The van der Waals surface area contributed by atoms with Gasteiger partial charge in [-0.25, -0.2) is 4.39 Å². The third-order valence-electron chi connectivity index (χ3n) is 2.06. The minimum absolute atomic E-state index is 0.166. The molecule has 0 radical (unpaired) electrons. The molecule has 0 spiro atoms. The first-order valence-electron chi connectivity index (χ1n) is 4.88. The van der Waals surface area contributed by atoms with Crippen molar-refractivity contribution in [1.82, 2.24) is 0 Å². The average molecular weight is 196 g/mol. The lowest BCUT2D eigenvalue weighted by Crippen LogP contribution is -2.13. The molecule has 0 aliphatic rings. The zero-order chi connectivity index (χ0) is 10.8. The largest absolute Gasteiger partial charge is 0.494 e. The van der Waals surface area contributed by atoms with Crippen LogP contribution in [-0.2, 0) is 5.41 Å². The van der Waals surface area contributed by atoms with Gasteiger partial charge in [0, 0.05) is 0 Å². The Morgan fingerprint density at radius 1 is 1.29 bits per heavy atom. The Labute approximate surface area is 84.9 Å². The fraction of sp³-hybridized carbons (Fsp3) is 0.500. The molecule has 1 nitrogen and oxygen atoms in total. The van der Waals surface area contributed by atoms with Crippen molar-refractivity contribution in [2.24, 2.45) is 0 Å². The zero-order valence-electron chi connectivity index (χ0n) is 9.23. The van der Waals surface area contributed by atoms with Crippen LogP contribution in [0.1, 0.15) is 33.3 Å². The Kier molecular flexibility index (Phi) is 3.14. The molecule has 0 heterocycles. The molecule has 0 unspecified atom stereocenters. The average Bonchev–Trinajstić information content (AvgIpc) is 2.07. The maximum absolute atomic E-state index is 13.5. The quantitative estimate of drug-likeness (QED) is 0.703. The standard InChI is InChI=1S/C12H17FO/c1-5-14-9-6-7-11(13)10(8-9)12(2,3)4/h6-8H,5H2,1-4H3. The first-order chi connectivity index (χ1) is 6.45. The first kappa shape index (κ1) is 11.0. The van der Waals surface area contributed by atoms with Gasteiger partial charge in [0.15, 0.2) is 0 Å². The summed E-state index contributed by atoms with van der Waals surface area (Å²) in [6.07, 6.45) is 0. The second kappa shape index (κ2) is 3.99. The Balaban J connectivity index is 3.09. The summed E-state index contributed by atoms with van der Waals surface area (Å²) in [5.41, 5.74) is 0.514. The molecule has 0 aliphatic heterocycles. The van der Waals surface area contributed by atoms with Gasteiger partial charge in [0.05, 0.1) is 6.61 Å². The van der Waals surface area contributed by atoms with Crippen LogP contribution in [0, 0.1) is 5.82 Å². The lowest BCUT2D eigenvalue weighted by molar-refractivity contribution is 0.338. The molecule has 0 fully saturated rings. The van der Waals surface area contributed by atoms with Crippen LogP contribution in [-0.4, -0.2) is 6.61 Å². The molecule has 0 aliphatic carbocycles. The minimum atomic E-state index is -0.183. The molecule has 0 saturated heterocycles. The summed E-state index contributed by atoms with van der Waals surface area (Å²) < 4.78 is 18.8. The van der Waals surface area contributed by atoms with E-state index >= 15 is 0 Å². The summed E-state index contributed by atoms with van der Waals surface area (Å²) in [4.78, 5) is 0. The van der Waals surface area contributed by atoms with Gasteiger partial charge in [-0.05, 0) is 36.1 Å². The van der Waals surface area contributed by atoms with Crippen molar-refractivity contribution >= 4 is 0 Å². The van der Waals surface area contributed by atoms with Crippen molar-refractivity contribution in [1.29, 1.82) is 0 Å². The minimum Gasteiger partial charge on any atom is -0.494 e. The Morgan fingerprint density at radius 2 is 1.93 bits per heavy atom. The van der Waals surface area contributed by atoms with Gasteiger partial charge in [-0.1, -0.05) is 20.8 Å². The summed E-state index contributed by atoms with van der Waals surface area (Å²) in [6.45, 7) is 8.48. The van der Waals surface area contributed by atoms with E-state index in [1.165, 1.54) is 6.07 Å². The van der Waals surface area contributed by atoms with Crippen LogP contribution >= 0.6 is 0 Å². The molecule has 1 rings (SSSR count). The number of ether oxygens (including phenoxy) is 1. The van der Waals surface area contributed by atoms with E-state index in [-0.39, 0.29) is 11.2 Å². The predicted octanol–water partition coefficient (Wildman–Crippen LogP) is 3.52. The van der Waals surface area contributed by atoms with Crippen LogP contribution in [0.15, 0.2) is 18.2 Å². The fourth-order valence-corrected chi connectivity index (χ4v) is 1.34. The molecule has 0 amide bonds. The van der Waals surface area contributed by atoms with Gasteiger partial charge in [-0.2, -0.15) is 0 Å². The molecule has 1 aromatic carbocycles. The molecule has 78 valence electrons. The molecule has 1 aromatic rings. The van der Waals surface area contributed by atoms with Gasteiger partial charge < -0.3 is 4.74 Å². The Morgan fingerprint density at radius 3 is 2.43 bits per heavy atom. The molecule has 0 atom stereocenters. The van der Waals surface area contributed by atoms with E-state index in [1.54, 1.807) is 12.1 Å². The lowest BCUT2D eigenvalue weighted by Gasteiger charge is -2.20. The van der Waals surface area contributed by atoms with E-state index in [4.69, 9.17) is 4.74 Å². The maximum atomic E-state index is 13.5. The van der Waals surface area contributed by atoms with Crippen molar-refractivity contribution in [2.75, 3.05) is 6.61 Å². The molecule has 0 bridgehead atoms. The van der Waals surface area contributed by atoms with E-state index in [0.717, 1.165) is 5.75 Å². The van der Waals surface area contributed by atoms with E-state index < -0.39 is 0 Å². The molecule has 2 heteroatoms. The molecule has 0 saturated carbocycles. The molecule has 14 heavy (non-hydrogen) atoms. The van der Waals surface area contributed by atoms with Crippen LogP contribution < -0.4 is 4.74 Å². The Hall–Kier alpha value is -1.05. The van der Waals surface area contributed by atoms with Gasteiger partial charge in [0.1, 0.15) is 11.6 Å². The number of rotatable bonds is 2. The van der Waals surface area contributed by atoms with Crippen molar-refractivity contribution in [3.05, 3.63) is 29.6 Å². The highest BCUT2D eigenvalue weighted by molar-refractivity contribution is 5.33. The lowest BCUT2D eigenvalue weighted by atomic mass is 9.86. The van der Waals surface area contributed by atoms with E-state index in [9.17, 15) is 4.39 Å². The molecular weight excluding hydrogens is 179 g/mol. The topological polar surface area (TPSA) is 9.23 Å². The molecular formula is C12H17FO. The highest BCUT2D eigenvalue weighted by atomic mass is 19.1. The summed E-state index contributed by atoms with van der Waals surface area (Å²) in [5.74, 6) is 0.569. The Bertz CT molecular complexity index is 313. The number of halogens is 1. The second-order valence-corrected chi connectivity index (χ2v) is 4.32. The normalized spacial score (nSPS) is 11.5. The van der Waals surface area contributed by atoms with Crippen LogP contribution in [0.25, 0.3) is 0 Å². The first-order valence-corrected chi connectivity index (χ1v) is 4.88. The number of benzene rings is 1. The van der Waals surface area contributed by atoms with E-state index in [0.29, 0.717) is 12.2 Å². The van der Waals surface area contributed by atoms with Gasteiger partial charge in [-0.15, -0.1) is 0 Å². The summed E-state index contributed by atoms with van der Waals surface area (Å²) in [7, 11) is 0. The predicted molar refractivity (Wildman–Crippen MR) is 56.3 cm³/mol. The van der Waals surface area contributed by atoms with Crippen molar-refractivity contribution in [3.63, 3.8) is 0 Å². The van der Waals surface area contributed by atoms with Gasteiger partial charge in [0.2, 0.25) is 0 Å². The van der Waals surface area contributed by atoms with E-state index in [1.807, 2.05) is 27.7 Å². The highest BCUT2D eigenvalue weighted by Crippen LogP contribution is 2.28. The van der Waals surface area contributed by atoms with Crippen LogP contribution in [0.2, 0.25) is 0 Å². The number of hydrogen-bond acceptors (Lipinski definition) is 1. The van der Waals surface area contributed by atoms with Crippen LogP contribution in [0.3, 0.4) is 0 Å². The summed E-state index contributed by atoms with van der Waals surface area (Å²) in [6, 6.07) is 4.90. The maximum Gasteiger partial charge on any atom is 0.127 e. The molecule has 0 aromatic heterocycles. The third-order valence-corrected chi connectivity index (χ3v) is 2.06. The highest BCUT2D eigenvalue weighted by Gasteiger charge is 2.18. The van der Waals surface area contributed by atoms with E-state index in [2.05, 4.69) is 0 Å². The van der Waals surface area contributed by atoms with Crippen molar-refractivity contribution < 1.29 is 9.13 Å². The summed E-state index contributed by atoms with van der Waals surface area (Å²) in [5, 5.41) is 0. The molecule has 0 N–H and O–H groups in total. The van der Waals surface area contributed by atoms with Gasteiger partial charge >= 0.3 is 0 Å². The summed E-state index contributed by atoms with van der Waals surface area (Å²) >= 11 is 0. The third kappa shape index (κ3) is 2.47. The zero-order valence-corrected chi connectivity index (χ0v) is 9.23.